The van der Waals surface area contributed by atoms with Gasteiger partial charge in [-0.15, -0.1) is 0 Å². The first-order valence-corrected chi connectivity index (χ1v) is 7.27. The second-order valence-corrected chi connectivity index (χ2v) is 5.93. The van der Waals surface area contributed by atoms with Gasteiger partial charge >= 0.3 is 0 Å². The summed E-state index contributed by atoms with van der Waals surface area (Å²) >= 11 is 0. The molecule has 1 heterocycles. The van der Waals surface area contributed by atoms with Crippen molar-refractivity contribution < 1.29 is 14.0 Å². The first-order chi connectivity index (χ1) is 9.99. The van der Waals surface area contributed by atoms with Crippen LogP contribution in [0, 0.1) is 12.7 Å². The predicted molar refractivity (Wildman–Crippen MR) is 77.4 cm³/mol. The quantitative estimate of drug-likeness (QED) is 0.588. The second-order valence-electron chi connectivity index (χ2n) is 5.93. The number of rotatable bonds is 1. The molecule has 1 aromatic carbocycles. The molecule has 1 aliphatic heterocycles. The zero-order valence-electron chi connectivity index (χ0n) is 12.1. The van der Waals surface area contributed by atoms with Crippen molar-refractivity contribution in [3.63, 3.8) is 0 Å². The minimum atomic E-state index is -0.397. The number of fused-ring (bicyclic) bond motifs is 1. The number of halogens is 1. The van der Waals surface area contributed by atoms with Gasteiger partial charge in [0.05, 0.1) is 6.04 Å². The van der Waals surface area contributed by atoms with Gasteiger partial charge < -0.3 is 4.90 Å². The topological polar surface area (TPSA) is 37.4 Å². The van der Waals surface area contributed by atoms with E-state index in [1.54, 1.807) is 11.8 Å². The normalized spacial score (nSPS) is 22.5. The number of ketones is 1. The minimum Gasteiger partial charge on any atom is -0.324 e. The van der Waals surface area contributed by atoms with Crippen molar-refractivity contribution in [1.29, 1.82) is 0 Å². The Balaban J connectivity index is 1.92. The van der Waals surface area contributed by atoms with Gasteiger partial charge in [-0.25, -0.2) is 4.39 Å². The number of carbonyl (C=O) groups excluding carboxylic acids is 2. The summed E-state index contributed by atoms with van der Waals surface area (Å²) in [6.07, 6.45) is 2.71. The molecule has 0 unspecified atom stereocenters. The number of hydrogen-bond donors (Lipinski definition) is 0. The molecule has 1 atom stereocenters. The van der Waals surface area contributed by atoms with Gasteiger partial charge in [-0.3, -0.25) is 9.59 Å². The third-order valence-electron chi connectivity index (χ3n) is 4.53. The lowest BCUT2D eigenvalue weighted by Crippen LogP contribution is -2.40. The zero-order chi connectivity index (χ0) is 15.1. The maximum absolute atomic E-state index is 13.7. The highest BCUT2D eigenvalue weighted by Crippen LogP contribution is 2.32. The summed E-state index contributed by atoms with van der Waals surface area (Å²) in [5.74, 6) is -0.403. The van der Waals surface area contributed by atoms with Crippen molar-refractivity contribution in [1.82, 2.24) is 4.90 Å². The van der Waals surface area contributed by atoms with E-state index in [4.69, 9.17) is 0 Å². The van der Waals surface area contributed by atoms with Crippen LogP contribution >= 0.6 is 0 Å². The van der Waals surface area contributed by atoms with E-state index >= 15 is 0 Å². The Labute approximate surface area is 123 Å². The molecular formula is C17H18FNO2. The summed E-state index contributed by atoms with van der Waals surface area (Å²) in [5.41, 5.74) is 2.70. The van der Waals surface area contributed by atoms with Crippen LogP contribution in [0.25, 0.3) is 0 Å². The summed E-state index contributed by atoms with van der Waals surface area (Å²) < 4.78 is 13.7. The van der Waals surface area contributed by atoms with Crippen LogP contribution in [0.2, 0.25) is 0 Å². The molecular weight excluding hydrogens is 269 g/mol. The Morgan fingerprint density at radius 1 is 1.33 bits per heavy atom. The minimum absolute atomic E-state index is 0.0526. The van der Waals surface area contributed by atoms with Crippen LogP contribution in [0.5, 0.6) is 0 Å². The number of amides is 1. The van der Waals surface area contributed by atoms with Gasteiger partial charge in [0.2, 0.25) is 0 Å². The van der Waals surface area contributed by atoms with E-state index in [-0.39, 0.29) is 17.5 Å². The van der Waals surface area contributed by atoms with Crippen molar-refractivity contribution in [3.05, 3.63) is 46.8 Å². The average molecular weight is 287 g/mol. The van der Waals surface area contributed by atoms with E-state index in [0.717, 1.165) is 24.0 Å². The molecule has 1 amide bonds. The summed E-state index contributed by atoms with van der Waals surface area (Å²) in [5, 5.41) is 0. The molecule has 21 heavy (non-hydrogen) atoms. The lowest BCUT2D eigenvalue weighted by atomic mass is 10.0. The van der Waals surface area contributed by atoms with Gasteiger partial charge in [0.25, 0.3) is 5.91 Å². The molecule has 0 radical (unpaired) electrons. The molecule has 0 aromatic heterocycles. The van der Waals surface area contributed by atoms with E-state index in [1.807, 2.05) is 0 Å². The zero-order valence-corrected chi connectivity index (χ0v) is 12.1. The maximum Gasteiger partial charge on any atom is 0.255 e. The third-order valence-corrected chi connectivity index (χ3v) is 4.53. The fourth-order valence-electron chi connectivity index (χ4n) is 3.27. The van der Waals surface area contributed by atoms with Gasteiger partial charge in [0.1, 0.15) is 5.82 Å². The molecule has 2 aliphatic rings. The predicted octanol–water partition coefficient (Wildman–Crippen LogP) is 3.16. The largest absolute Gasteiger partial charge is 0.324 e. The number of Topliss-reactive ketones (excluding diaryl/α,β-unsaturated/α-hetero) is 1. The molecule has 0 N–H and O–H groups in total. The molecule has 1 aromatic rings. The second kappa shape index (κ2) is 5.10. The molecule has 0 saturated heterocycles. The van der Waals surface area contributed by atoms with Crippen molar-refractivity contribution in [3.8, 4) is 0 Å². The standard InChI is InChI=1S/C17H18FNO2/c1-10-4-3-5-15(16(20)8-10)19-9-13-11(2)14(18)7-6-12(13)17(19)21/h6-7,15H,1,3-5,8-9H2,2H3/t15-/m0/s1. The van der Waals surface area contributed by atoms with Crippen LogP contribution < -0.4 is 0 Å². The number of hydrogen-bond acceptors (Lipinski definition) is 2. The molecule has 0 bridgehead atoms. The Hall–Kier alpha value is -1.97. The number of nitrogens with zero attached hydrogens (tertiary/aromatic N) is 1. The van der Waals surface area contributed by atoms with Crippen LogP contribution in [-0.2, 0) is 11.3 Å². The van der Waals surface area contributed by atoms with Gasteiger partial charge in [0, 0.05) is 18.5 Å². The monoisotopic (exact) mass is 287 g/mol. The SMILES string of the molecule is C=C1CCC[C@H](N2Cc3c(ccc(F)c3C)C2=O)C(=O)C1. The third kappa shape index (κ3) is 2.28. The first-order valence-electron chi connectivity index (χ1n) is 7.27. The van der Waals surface area contributed by atoms with Crippen molar-refractivity contribution in [2.24, 2.45) is 0 Å². The Morgan fingerprint density at radius 3 is 2.86 bits per heavy atom. The van der Waals surface area contributed by atoms with Crippen LogP contribution in [0.1, 0.15) is 47.2 Å². The molecule has 4 heteroatoms. The molecule has 3 nitrogen and oxygen atoms in total. The van der Waals surface area contributed by atoms with E-state index < -0.39 is 6.04 Å². The average Bonchev–Trinajstić information content (AvgIpc) is 2.66. The highest BCUT2D eigenvalue weighted by molar-refractivity contribution is 6.02. The summed E-state index contributed by atoms with van der Waals surface area (Å²) in [6, 6.07) is 2.46. The number of allylic oxidation sites excluding steroid dienone is 1. The smallest absolute Gasteiger partial charge is 0.255 e. The first kappa shape index (κ1) is 14.0. The van der Waals surface area contributed by atoms with Crippen LogP contribution in [0.4, 0.5) is 4.39 Å². The van der Waals surface area contributed by atoms with Gasteiger partial charge in [-0.2, -0.15) is 0 Å². The van der Waals surface area contributed by atoms with E-state index in [1.165, 1.54) is 12.1 Å². The fourth-order valence-corrected chi connectivity index (χ4v) is 3.27. The van der Waals surface area contributed by atoms with Crippen molar-refractivity contribution >= 4 is 11.7 Å². The summed E-state index contributed by atoms with van der Waals surface area (Å²) in [6.45, 7) is 5.91. The number of carbonyl (C=O) groups is 2. The van der Waals surface area contributed by atoms with E-state index in [0.29, 0.717) is 30.5 Å². The summed E-state index contributed by atoms with van der Waals surface area (Å²) in [7, 11) is 0. The molecule has 110 valence electrons. The maximum atomic E-state index is 13.7. The highest BCUT2D eigenvalue weighted by Gasteiger charge is 2.37. The molecule has 1 aliphatic carbocycles. The van der Waals surface area contributed by atoms with E-state index in [9.17, 15) is 14.0 Å². The Kier molecular flexibility index (Phi) is 3.40. The lowest BCUT2D eigenvalue weighted by molar-refractivity contribution is -0.122. The van der Waals surface area contributed by atoms with Gasteiger partial charge in [0.15, 0.2) is 5.78 Å². The van der Waals surface area contributed by atoms with E-state index in [2.05, 4.69) is 6.58 Å². The molecule has 1 saturated carbocycles. The molecule has 1 fully saturated rings. The summed E-state index contributed by atoms with van der Waals surface area (Å²) in [4.78, 5) is 26.5. The van der Waals surface area contributed by atoms with Gasteiger partial charge in [-0.1, -0.05) is 12.2 Å². The van der Waals surface area contributed by atoms with Gasteiger partial charge in [-0.05, 0) is 49.4 Å². The van der Waals surface area contributed by atoms with Crippen LogP contribution in [-0.4, -0.2) is 22.6 Å². The van der Waals surface area contributed by atoms with Crippen molar-refractivity contribution in [2.45, 2.75) is 45.2 Å². The van der Waals surface area contributed by atoms with Crippen LogP contribution in [0.3, 0.4) is 0 Å². The Morgan fingerprint density at radius 2 is 2.10 bits per heavy atom. The Bertz CT molecular complexity index is 650. The van der Waals surface area contributed by atoms with Crippen LogP contribution in [0.15, 0.2) is 24.3 Å². The highest BCUT2D eigenvalue weighted by atomic mass is 19.1. The molecule has 3 rings (SSSR count). The lowest BCUT2D eigenvalue weighted by Gasteiger charge is -2.25. The fraction of sp³-hybridized carbons (Fsp3) is 0.412. The number of benzene rings is 1. The molecule has 0 spiro atoms. The van der Waals surface area contributed by atoms with Crippen molar-refractivity contribution in [2.75, 3.05) is 0 Å².